The van der Waals surface area contributed by atoms with Crippen molar-refractivity contribution in [2.24, 2.45) is 11.8 Å². The molecule has 32 heavy (non-hydrogen) atoms. The van der Waals surface area contributed by atoms with E-state index >= 15 is 0 Å². The van der Waals surface area contributed by atoms with Gasteiger partial charge in [0.15, 0.2) is 0 Å². The molecule has 2 aromatic rings. The number of aliphatic carboxylic acids is 1. The summed E-state index contributed by atoms with van der Waals surface area (Å²) in [6, 6.07) is 11.9. The summed E-state index contributed by atoms with van der Waals surface area (Å²) in [4.78, 5) is 37.3. The van der Waals surface area contributed by atoms with Gasteiger partial charge in [-0.05, 0) is 62.2 Å². The number of carboxylic acids is 1. The van der Waals surface area contributed by atoms with Gasteiger partial charge >= 0.3 is 5.97 Å². The molecule has 168 valence electrons. The molecule has 3 N–H and O–H groups in total. The number of hydrogen-bond acceptors (Lipinski definition) is 4. The smallest absolute Gasteiger partial charge is 0.307 e. The molecule has 3 rings (SSSR count). The molecule has 9 heteroatoms. The lowest BCUT2D eigenvalue weighted by atomic mass is 9.82. The van der Waals surface area contributed by atoms with Crippen LogP contribution >= 0.6 is 35.0 Å². The second-order valence-corrected chi connectivity index (χ2v) is 9.64. The number of anilines is 2. The normalized spacial score (nSPS) is 18.6. The summed E-state index contributed by atoms with van der Waals surface area (Å²) in [5, 5.41) is 15.4. The average Bonchev–Trinajstić information content (AvgIpc) is 2.77. The molecule has 3 atom stereocenters. The molecular formula is C23H22Cl2N2O4S. The summed E-state index contributed by atoms with van der Waals surface area (Å²) in [7, 11) is 0. The van der Waals surface area contributed by atoms with Crippen LogP contribution in [0.15, 0.2) is 59.5 Å². The van der Waals surface area contributed by atoms with Crippen LogP contribution in [-0.2, 0) is 14.4 Å². The first-order chi connectivity index (χ1) is 15.2. The van der Waals surface area contributed by atoms with Gasteiger partial charge in [0.2, 0.25) is 11.8 Å². The fraction of sp³-hybridized carbons (Fsp3) is 0.261. The van der Waals surface area contributed by atoms with Crippen molar-refractivity contribution in [3.05, 3.63) is 64.7 Å². The highest BCUT2D eigenvalue weighted by atomic mass is 35.5. The molecule has 0 bridgehead atoms. The van der Waals surface area contributed by atoms with Crippen LogP contribution in [0.5, 0.6) is 0 Å². The van der Waals surface area contributed by atoms with E-state index in [1.807, 2.05) is 6.08 Å². The van der Waals surface area contributed by atoms with E-state index < -0.39 is 23.1 Å². The van der Waals surface area contributed by atoms with Gasteiger partial charge in [0, 0.05) is 15.6 Å². The van der Waals surface area contributed by atoms with Crippen LogP contribution in [0.2, 0.25) is 10.0 Å². The summed E-state index contributed by atoms with van der Waals surface area (Å²) in [6.45, 7) is 1.77. The topological polar surface area (TPSA) is 95.5 Å². The Balaban J connectivity index is 1.57. The molecule has 2 amide bonds. The molecule has 3 unspecified atom stereocenters. The van der Waals surface area contributed by atoms with Crippen LogP contribution in [0.1, 0.15) is 19.8 Å². The second kappa shape index (κ2) is 10.9. The maximum atomic E-state index is 12.6. The van der Waals surface area contributed by atoms with Crippen LogP contribution < -0.4 is 10.6 Å². The number of carbonyl (C=O) groups is 3. The Labute approximate surface area is 200 Å². The lowest BCUT2D eigenvalue weighted by molar-refractivity contribution is -0.146. The summed E-state index contributed by atoms with van der Waals surface area (Å²) in [5.41, 5.74) is 1.02. The Kier molecular flexibility index (Phi) is 8.23. The summed E-state index contributed by atoms with van der Waals surface area (Å²) in [5.74, 6) is -2.82. The average molecular weight is 493 g/mol. The van der Waals surface area contributed by atoms with Gasteiger partial charge in [0.25, 0.3) is 0 Å². The van der Waals surface area contributed by atoms with Crippen molar-refractivity contribution in [3.63, 3.8) is 0 Å². The van der Waals surface area contributed by atoms with Crippen molar-refractivity contribution in [3.8, 4) is 0 Å². The van der Waals surface area contributed by atoms with E-state index in [2.05, 4.69) is 10.6 Å². The Morgan fingerprint density at radius 1 is 1.00 bits per heavy atom. The summed E-state index contributed by atoms with van der Waals surface area (Å²) in [6.07, 6.45) is 4.39. The van der Waals surface area contributed by atoms with Gasteiger partial charge in [-0.2, -0.15) is 0 Å². The molecule has 1 aliphatic carbocycles. The molecule has 0 spiro atoms. The fourth-order valence-corrected chi connectivity index (χ4v) is 4.52. The van der Waals surface area contributed by atoms with Crippen molar-refractivity contribution in [2.75, 3.05) is 10.6 Å². The van der Waals surface area contributed by atoms with E-state index in [0.29, 0.717) is 34.3 Å². The highest BCUT2D eigenvalue weighted by molar-refractivity contribution is 8.00. The van der Waals surface area contributed by atoms with Crippen molar-refractivity contribution in [1.82, 2.24) is 0 Å². The SMILES string of the molecule is CC(Sc1ccc(NC(=O)C2CC=CCC2C(=O)O)cc1)C(=O)Nc1cc(Cl)ccc1Cl. The number of halogens is 2. The molecule has 2 aromatic carbocycles. The van der Waals surface area contributed by atoms with Crippen molar-refractivity contribution in [1.29, 1.82) is 0 Å². The minimum absolute atomic E-state index is 0.221. The standard InChI is InChI=1S/C23H22Cl2N2O4S/c1-13(21(28)27-20-12-14(24)6-11-19(20)25)32-16-9-7-15(8-10-16)26-22(29)17-4-2-3-5-18(17)23(30)31/h2-3,6-13,17-18H,4-5H2,1H3,(H,26,29)(H,27,28)(H,30,31). The van der Waals surface area contributed by atoms with E-state index in [9.17, 15) is 19.5 Å². The molecule has 0 aliphatic heterocycles. The number of nitrogens with one attached hydrogen (secondary N) is 2. The number of benzene rings is 2. The van der Waals surface area contributed by atoms with Gasteiger partial charge in [-0.15, -0.1) is 11.8 Å². The third-order valence-corrected chi connectivity index (χ3v) is 6.75. The fourth-order valence-electron chi connectivity index (χ4n) is 3.31. The first-order valence-electron chi connectivity index (χ1n) is 9.96. The van der Waals surface area contributed by atoms with E-state index in [0.717, 1.165) is 4.90 Å². The number of amides is 2. The van der Waals surface area contributed by atoms with Gasteiger partial charge in [0.05, 0.1) is 27.8 Å². The van der Waals surface area contributed by atoms with Crippen LogP contribution in [-0.4, -0.2) is 28.1 Å². The summed E-state index contributed by atoms with van der Waals surface area (Å²) < 4.78 is 0. The molecule has 0 heterocycles. The number of hydrogen-bond donors (Lipinski definition) is 3. The van der Waals surface area contributed by atoms with Crippen molar-refractivity contribution >= 4 is 64.1 Å². The molecule has 0 saturated heterocycles. The first kappa shape index (κ1) is 24.2. The minimum atomic E-state index is -0.965. The maximum Gasteiger partial charge on any atom is 0.307 e. The third kappa shape index (κ3) is 6.28. The van der Waals surface area contributed by atoms with Crippen molar-refractivity contribution < 1.29 is 19.5 Å². The van der Waals surface area contributed by atoms with Gasteiger partial charge < -0.3 is 15.7 Å². The zero-order chi connectivity index (χ0) is 23.3. The number of allylic oxidation sites excluding steroid dienone is 2. The van der Waals surface area contributed by atoms with Crippen LogP contribution in [0.4, 0.5) is 11.4 Å². The molecule has 6 nitrogen and oxygen atoms in total. The van der Waals surface area contributed by atoms with Gasteiger partial charge in [-0.25, -0.2) is 0 Å². The number of carbonyl (C=O) groups excluding carboxylic acids is 2. The molecule has 0 fully saturated rings. The Morgan fingerprint density at radius 2 is 1.66 bits per heavy atom. The zero-order valence-corrected chi connectivity index (χ0v) is 19.5. The van der Waals surface area contributed by atoms with Gasteiger partial charge in [-0.1, -0.05) is 35.4 Å². The number of thioether (sulfide) groups is 1. The predicted octanol–water partition coefficient (Wildman–Crippen LogP) is 5.72. The minimum Gasteiger partial charge on any atom is -0.481 e. The van der Waals surface area contributed by atoms with E-state index in [-0.39, 0.29) is 11.8 Å². The monoisotopic (exact) mass is 492 g/mol. The molecule has 0 saturated carbocycles. The lowest BCUT2D eigenvalue weighted by Gasteiger charge is -2.24. The maximum absolute atomic E-state index is 12.6. The van der Waals surface area contributed by atoms with E-state index in [1.54, 1.807) is 55.5 Å². The predicted molar refractivity (Wildman–Crippen MR) is 128 cm³/mol. The Hall–Kier alpha value is -2.48. The first-order valence-corrected chi connectivity index (χ1v) is 11.6. The Bertz CT molecular complexity index is 1040. The number of rotatable bonds is 7. The zero-order valence-electron chi connectivity index (χ0n) is 17.2. The van der Waals surface area contributed by atoms with E-state index in [1.165, 1.54) is 11.8 Å². The largest absolute Gasteiger partial charge is 0.481 e. The van der Waals surface area contributed by atoms with E-state index in [4.69, 9.17) is 23.2 Å². The van der Waals surface area contributed by atoms with Gasteiger partial charge in [0.1, 0.15) is 0 Å². The molecule has 0 aromatic heterocycles. The highest BCUT2D eigenvalue weighted by Gasteiger charge is 2.33. The van der Waals surface area contributed by atoms with Crippen LogP contribution in [0.25, 0.3) is 0 Å². The highest BCUT2D eigenvalue weighted by Crippen LogP contribution is 2.30. The van der Waals surface area contributed by atoms with Gasteiger partial charge in [-0.3, -0.25) is 14.4 Å². The van der Waals surface area contributed by atoms with Crippen LogP contribution in [0, 0.1) is 11.8 Å². The lowest BCUT2D eigenvalue weighted by Crippen LogP contribution is -2.34. The molecular weight excluding hydrogens is 471 g/mol. The van der Waals surface area contributed by atoms with Crippen LogP contribution in [0.3, 0.4) is 0 Å². The quantitative estimate of drug-likeness (QED) is 0.339. The second-order valence-electron chi connectivity index (χ2n) is 7.38. The molecule has 0 radical (unpaired) electrons. The third-order valence-electron chi connectivity index (χ3n) is 5.08. The number of carboxylic acid groups (broad SMARTS) is 1. The van der Waals surface area contributed by atoms with Crippen molar-refractivity contribution in [2.45, 2.75) is 29.9 Å². The Morgan fingerprint density at radius 3 is 2.31 bits per heavy atom. The molecule has 1 aliphatic rings. The summed E-state index contributed by atoms with van der Waals surface area (Å²) >= 11 is 13.4.